The molecular formula is C27H33FN4O3. The molecule has 3 aromatic rings. The normalized spacial score (nSPS) is 19.5. The SMILES string of the molecule is COc1ccc2nccc([C@@H](F)CC[C@@H]3CCN(CCCc4cnccn4)C[C@@H]3CC(=O)O)c2c1. The number of hydrogen-bond acceptors (Lipinski definition) is 6. The van der Waals surface area contributed by atoms with Crippen molar-refractivity contribution < 1.29 is 19.0 Å². The summed E-state index contributed by atoms with van der Waals surface area (Å²) in [7, 11) is 1.59. The lowest BCUT2D eigenvalue weighted by Crippen LogP contribution is -2.42. The minimum absolute atomic E-state index is 0.0271. The summed E-state index contributed by atoms with van der Waals surface area (Å²) in [5.74, 6) is 0.111. The lowest BCUT2D eigenvalue weighted by Gasteiger charge is -2.38. The summed E-state index contributed by atoms with van der Waals surface area (Å²) in [4.78, 5) is 26.7. The van der Waals surface area contributed by atoms with Gasteiger partial charge < -0.3 is 14.7 Å². The zero-order chi connectivity index (χ0) is 24.6. The molecule has 7 nitrogen and oxygen atoms in total. The van der Waals surface area contributed by atoms with Crippen LogP contribution in [0.4, 0.5) is 4.39 Å². The fourth-order valence-corrected chi connectivity index (χ4v) is 5.20. The molecule has 1 fully saturated rings. The monoisotopic (exact) mass is 480 g/mol. The first-order chi connectivity index (χ1) is 17.0. The standard InChI is InChI=1S/C27H33FN4O3/c1-35-22-5-7-26-24(16-22)23(8-10-31-26)25(28)6-4-19-9-14-32(18-20(19)15-27(33)34)13-2-3-21-17-29-11-12-30-21/h5,7-8,10-12,16-17,19-20,25H,2-4,6,9,13-15,18H2,1H3,(H,33,34)/t19-,20+,25+/m1/s1. The molecule has 0 saturated carbocycles. The third-order valence-electron chi connectivity index (χ3n) is 7.05. The molecule has 1 N–H and O–H groups in total. The molecule has 0 bridgehead atoms. The molecule has 4 rings (SSSR count). The van der Waals surface area contributed by atoms with Crippen LogP contribution in [0.25, 0.3) is 10.9 Å². The Bertz CT molecular complexity index is 1110. The van der Waals surface area contributed by atoms with Crippen molar-refractivity contribution in [3.05, 3.63) is 60.3 Å². The zero-order valence-electron chi connectivity index (χ0n) is 20.1. The summed E-state index contributed by atoms with van der Waals surface area (Å²) in [6.45, 7) is 2.55. The smallest absolute Gasteiger partial charge is 0.303 e. The van der Waals surface area contributed by atoms with Crippen molar-refractivity contribution in [1.29, 1.82) is 0 Å². The quantitative estimate of drug-likeness (QED) is 0.419. The van der Waals surface area contributed by atoms with Gasteiger partial charge >= 0.3 is 5.97 Å². The van der Waals surface area contributed by atoms with Crippen LogP contribution in [0.3, 0.4) is 0 Å². The van der Waals surface area contributed by atoms with Crippen LogP contribution in [-0.2, 0) is 11.2 Å². The van der Waals surface area contributed by atoms with E-state index in [1.54, 1.807) is 38.0 Å². The maximum Gasteiger partial charge on any atom is 0.303 e. The molecule has 3 atom stereocenters. The van der Waals surface area contributed by atoms with Crippen LogP contribution < -0.4 is 4.74 Å². The van der Waals surface area contributed by atoms with Crippen molar-refractivity contribution in [2.75, 3.05) is 26.7 Å². The second-order valence-electron chi connectivity index (χ2n) is 9.34. The van der Waals surface area contributed by atoms with Gasteiger partial charge in [0.15, 0.2) is 0 Å². The number of aliphatic carboxylic acids is 1. The number of carbonyl (C=O) groups is 1. The number of pyridine rings is 1. The van der Waals surface area contributed by atoms with Crippen molar-refractivity contribution in [2.24, 2.45) is 11.8 Å². The van der Waals surface area contributed by atoms with Crippen LogP contribution in [0.2, 0.25) is 0 Å². The Labute approximate surface area is 205 Å². The van der Waals surface area contributed by atoms with Gasteiger partial charge in [0.05, 0.1) is 18.3 Å². The highest BCUT2D eigenvalue weighted by Gasteiger charge is 2.31. The third kappa shape index (κ3) is 6.72. The number of ether oxygens (including phenoxy) is 1. The summed E-state index contributed by atoms with van der Waals surface area (Å²) >= 11 is 0. The Hall–Kier alpha value is -3.13. The molecule has 186 valence electrons. The van der Waals surface area contributed by atoms with Crippen LogP contribution in [0.1, 0.15) is 49.5 Å². The summed E-state index contributed by atoms with van der Waals surface area (Å²) in [6.07, 6.45) is 9.51. The van der Waals surface area contributed by atoms with Gasteiger partial charge in [-0.2, -0.15) is 0 Å². The molecule has 35 heavy (non-hydrogen) atoms. The van der Waals surface area contributed by atoms with Gasteiger partial charge in [-0.05, 0) is 86.9 Å². The van der Waals surface area contributed by atoms with Gasteiger partial charge in [0, 0.05) is 43.1 Å². The summed E-state index contributed by atoms with van der Waals surface area (Å²) < 4.78 is 20.8. The number of piperidine rings is 1. The van der Waals surface area contributed by atoms with Gasteiger partial charge in [0.2, 0.25) is 0 Å². The molecule has 0 amide bonds. The van der Waals surface area contributed by atoms with Gasteiger partial charge in [0.1, 0.15) is 11.9 Å². The van der Waals surface area contributed by atoms with Crippen molar-refractivity contribution in [3.8, 4) is 5.75 Å². The van der Waals surface area contributed by atoms with E-state index in [0.29, 0.717) is 24.2 Å². The number of methoxy groups -OCH3 is 1. The van der Waals surface area contributed by atoms with E-state index in [1.807, 2.05) is 18.2 Å². The minimum atomic E-state index is -1.14. The van der Waals surface area contributed by atoms with Gasteiger partial charge in [-0.15, -0.1) is 0 Å². The number of rotatable bonds is 11. The first-order valence-electron chi connectivity index (χ1n) is 12.3. The number of aryl methyl sites for hydroxylation is 1. The van der Waals surface area contributed by atoms with Crippen LogP contribution in [0.15, 0.2) is 49.1 Å². The fraction of sp³-hybridized carbons (Fsp3) is 0.481. The molecule has 8 heteroatoms. The molecule has 0 radical (unpaired) electrons. The maximum atomic E-state index is 15.4. The van der Waals surface area contributed by atoms with E-state index in [0.717, 1.165) is 55.5 Å². The van der Waals surface area contributed by atoms with Gasteiger partial charge in [-0.1, -0.05) is 0 Å². The predicted molar refractivity (Wildman–Crippen MR) is 132 cm³/mol. The number of fused-ring (bicyclic) bond motifs is 1. The zero-order valence-corrected chi connectivity index (χ0v) is 20.1. The number of benzene rings is 1. The molecule has 1 aromatic carbocycles. The van der Waals surface area contributed by atoms with E-state index in [4.69, 9.17) is 4.74 Å². The van der Waals surface area contributed by atoms with E-state index in [9.17, 15) is 9.90 Å². The van der Waals surface area contributed by atoms with E-state index < -0.39 is 12.1 Å². The average Bonchev–Trinajstić information content (AvgIpc) is 2.87. The van der Waals surface area contributed by atoms with Crippen LogP contribution >= 0.6 is 0 Å². The summed E-state index contributed by atoms with van der Waals surface area (Å²) in [5, 5.41) is 10.3. The Morgan fingerprint density at radius 2 is 2.11 bits per heavy atom. The van der Waals surface area contributed by atoms with E-state index in [-0.39, 0.29) is 18.3 Å². The van der Waals surface area contributed by atoms with Crippen molar-refractivity contribution in [2.45, 2.75) is 44.7 Å². The number of carboxylic acids is 1. The average molecular weight is 481 g/mol. The van der Waals surface area contributed by atoms with Crippen LogP contribution in [0.5, 0.6) is 5.75 Å². The first-order valence-corrected chi connectivity index (χ1v) is 12.3. The molecule has 0 unspecified atom stereocenters. The molecule has 1 saturated heterocycles. The molecule has 2 aromatic heterocycles. The second-order valence-corrected chi connectivity index (χ2v) is 9.34. The van der Waals surface area contributed by atoms with Crippen LogP contribution in [-0.4, -0.2) is 57.7 Å². The number of carboxylic acid groups (broad SMARTS) is 1. The lowest BCUT2D eigenvalue weighted by atomic mass is 9.79. The Kier molecular flexibility index (Phi) is 8.58. The van der Waals surface area contributed by atoms with E-state index >= 15 is 4.39 Å². The first kappa shape index (κ1) is 25.0. The fourth-order valence-electron chi connectivity index (χ4n) is 5.20. The number of likely N-dealkylation sites (tertiary alicyclic amines) is 1. The number of halogens is 1. The molecule has 0 spiro atoms. The van der Waals surface area contributed by atoms with E-state index in [1.165, 1.54) is 0 Å². The highest BCUT2D eigenvalue weighted by Crippen LogP contribution is 2.36. The van der Waals surface area contributed by atoms with Crippen LogP contribution in [0, 0.1) is 11.8 Å². The molecular weight excluding hydrogens is 447 g/mol. The Morgan fingerprint density at radius 1 is 1.23 bits per heavy atom. The second kappa shape index (κ2) is 12.0. The largest absolute Gasteiger partial charge is 0.497 e. The Morgan fingerprint density at radius 3 is 2.89 bits per heavy atom. The Balaban J connectivity index is 1.35. The number of aromatic nitrogens is 3. The minimum Gasteiger partial charge on any atom is -0.497 e. The highest BCUT2D eigenvalue weighted by molar-refractivity contribution is 5.83. The van der Waals surface area contributed by atoms with Crippen molar-refractivity contribution in [1.82, 2.24) is 19.9 Å². The summed E-state index contributed by atoms with van der Waals surface area (Å²) in [6, 6.07) is 7.23. The number of nitrogens with zero attached hydrogens (tertiary/aromatic N) is 4. The number of alkyl halides is 1. The summed E-state index contributed by atoms with van der Waals surface area (Å²) in [5.41, 5.74) is 2.33. The van der Waals surface area contributed by atoms with Crippen molar-refractivity contribution >= 4 is 16.9 Å². The molecule has 0 aliphatic carbocycles. The molecule has 3 heterocycles. The van der Waals surface area contributed by atoms with Gasteiger partial charge in [-0.25, -0.2) is 4.39 Å². The molecule has 1 aliphatic rings. The van der Waals surface area contributed by atoms with E-state index in [2.05, 4.69) is 19.9 Å². The van der Waals surface area contributed by atoms with Crippen molar-refractivity contribution in [3.63, 3.8) is 0 Å². The van der Waals surface area contributed by atoms with Gasteiger partial charge in [0.25, 0.3) is 0 Å². The molecule has 1 aliphatic heterocycles. The topological polar surface area (TPSA) is 88.4 Å². The highest BCUT2D eigenvalue weighted by atomic mass is 19.1. The predicted octanol–water partition coefficient (Wildman–Crippen LogP) is 4.87. The van der Waals surface area contributed by atoms with Gasteiger partial charge in [-0.3, -0.25) is 19.7 Å². The number of hydrogen-bond donors (Lipinski definition) is 1. The lowest BCUT2D eigenvalue weighted by molar-refractivity contribution is -0.139. The maximum absolute atomic E-state index is 15.4. The third-order valence-corrected chi connectivity index (χ3v) is 7.05.